The first-order valence-electron chi connectivity index (χ1n) is 5.01. The Balaban J connectivity index is 2.42. The molecular weight excluding hydrogens is 200 g/mol. The number of nitrogens with zero attached hydrogens (tertiary/aromatic N) is 2. The second-order valence-electron chi connectivity index (χ2n) is 3.60. The molecule has 4 heteroatoms. The molecule has 1 rings (SSSR count). The average Bonchev–Trinajstić information content (AvgIpc) is 2.27. The molecule has 1 heterocycles. The van der Waals surface area contributed by atoms with Gasteiger partial charge in [0.2, 0.25) is 5.91 Å². The third-order valence-corrected chi connectivity index (χ3v) is 3.11. The van der Waals surface area contributed by atoms with Crippen molar-refractivity contribution >= 4 is 17.5 Å². The second-order valence-corrected chi connectivity index (χ2v) is 4.13. The largest absolute Gasteiger partial charge is 0.341 e. The molecule has 1 aliphatic rings. The van der Waals surface area contributed by atoms with Crippen LogP contribution in [0.1, 0.15) is 26.2 Å². The van der Waals surface area contributed by atoms with Gasteiger partial charge in [0.15, 0.2) is 0 Å². The molecule has 0 aliphatic carbocycles. The van der Waals surface area contributed by atoms with E-state index in [1.807, 2.05) is 6.92 Å². The summed E-state index contributed by atoms with van der Waals surface area (Å²) < 4.78 is 0. The molecule has 0 bridgehead atoms. The highest BCUT2D eigenvalue weighted by atomic mass is 35.5. The van der Waals surface area contributed by atoms with E-state index in [-0.39, 0.29) is 11.8 Å². The standard InChI is InChI=1S/C10H15ClN2O/c1-2-9(11)10(14)13-5-3-8(7-12)4-6-13/h8-9H,2-6H2,1H3/t9-/m1/s1. The van der Waals surface area contributed by atoms with E-state index in [4.69, 9.17) is 16.9 Å². The Hall–Kier alpha value is -0.750. The van der Waals surface area contributed by atoms with Crippen LogP contribution in [0, 0.1) is 17.2 Å². The van der Waals surface area contributed by atoms with Crippen molar-refractivity contribution in [2.75, 3.05) is 13.1 Å². The summed E-state index contributed by atoms with van der Waals surface area (Å²) in [5.41, 5.74) is 0. The summed E-state index contributed by atoms with van der Waals surface area (Å²) >= 11 is 5.86. The van der Waals surface area contributed by atoms with Gasteiger partial charge in [0.25, 0.3) is 0 Å². The van der Waals surface area contributed by atoms with Gasteiger partial charge in [0, 0.05) is 19.0 Å². The van der Waals surface area contributed by atoms with Crippen molar-refractivity contribution in [3.63, 3.8) is 0 Å². The van der Waals surface area contributed by atoms with Crippen LogP contribution in [0.2, 0.25) is 0 Å². The van der Waals surface area contributed by atoms with E-state index in [1.54, 1.807) is 4.90 Å². The SMILES string of the molecule is CC[C@@H](Cl)C(=O)N1CCC(C#N)CC1. The van der Waals surface area contributed by atoms with E-state index < -0.39 is 5.38 Å². The van der Waals surface area contributed by atoms with Crippen LogP contribution in [0.25, 0.3) is 0 Å². The molecule has 1 atom stereocenters. The van der Waals surface area contributed by atoms with Gasteiger partial charge < -0.3 is 4.90 Å². The maximum absolute atomic E-state index is 11.6. The Bertz CT molecular complexity index is 241. The molecule has 14 heavy (non-hydrogen) atoms. The molecule has 0 spiro atoms. The number of hydrogen-bond donors (Lipinski definition) is 0. The van der Waals surface area contributed by atoms with Crippen molar-refractivity contribution in [3.05, 3.63) is 0 Å². The first-order valence-corrected chi connectivity index (χ1v) is 5.45. The molecule has 0 N–H and O–H groups in total. The fourth-order valence-electron chi connectivity index (χ4n) is 1.60. The molecule has 0 aromatic heterocycles. The molecule has 0 unspecified atom stereocenters. The lowest BCUT2D eigenvalue weighted by molar-refractivity contribution is -0.132. The predicted octanol–water partition coefficient (Wildman–Crippen LogP) is 1.77. The number of carbonyl (C=O) groups excluding carboxylic acids is 1. The van der Waals surface area contributed by atoms with E-state index in [0.29, 0.717) is 19.5 Å². The van der Waals surface area contributed by atoms with Gasteiger partial charge in [-0.05, 0) is 19.3 Å². The lowest BCUT2D eigenvalue weighted by Crippen LogP contribution is -2.42. The van der Waals surface area contributed by atoms with Crippen LogP contribution in [0.4, 0.5) is 0 Å². The zero-order chi connectivity index (χ0) is 10.6. The maximum Gasteiger partial charge on any atom is 0.240 e. The predicted molar refractivity (Wildman–Crippen MR) is 54.8 cm³/mol. The highest BCUT2D eigenvalue weighted by Crippen LogP contribution is 2.18. The number of piperidine rings is 1. The number of amides is 1. The summed E-state index contributed by atoms with van der Waals surface area (Å²) in [5.74, 6) is 0.139. The summed E-state index contributed by atoms with van der Waals surface area (Å²) in [6, 6.07) is 2.24. The van der Waals surface area contributed by atoms with E-state index in [2.05, 4.69) is 6.07 Å². The van der Waals surface area contributed by atoms with Crippen LogP contribution < -0.4 is 0 Å². The number of rotatable bonds is 2. The van der Waals surface area contributed by atoms with Crippen molar-refractivity contribution in [2.45, 2.75) is 31.6 Å². The summed E-state index contributed by atoms with van der Waals surface area (Å²) in [4.78, 5) is 13.4. The molecule has 0 radical (unpaired) electrons. The molecule has 0 aromatic carbocycles. The van der Waals surface area contributed by atoms with E-state index >= 15 is 0 Å². The van der Waals surface area contributed by atoms with E-state index in [9.17, 15) is 4.79 Å². The Kier molecular flexibility index (Phi) is 4.21. The maximum atomic E-state index is 11.6. The molecule has 78 valence electrons. The fraction of sp³-hybridized carbons (Fsp3) is 0.800. The average molecular weight is 215 g/mol. The Morgan fingerprint density at radius 2 is 2.21 bits per heavy atom. The fourth-order valence-corrected chi connectivity index (χ4v) is 1.74. The minimum absolute atomic E-state index is 0.0190. The van der Waals surface area contributed by atoms with Crippen LogP contribution >= 0.6 is 11.6 Å². The summed E-state index contributed by atoms with van der Waals surface area (Å²) in [6.07, 6.45) is 2.24. The molecular formula is C10H15ClN2O. The molecule has 1 saturated heterocycles. The minimum Gasteiger partial charge on any atom is -0.341 e. The molecule has 0 aromatic rings. The van der Waals surface area contributed by atoms with Crippen LogP contribution in [-0.4, -0.2) is 29.3 Å². The van der Waals surface area contributed by atoms with Crippen molar-refractivity contribution in [2.24, 2.45) is 5.92 Å². The molecule has 1 amide bonds. The highest BCUT2D eigenvalue weighted by molar-refractivity contribution is 6.30. The summed E-state index contributed by atoms with van der Waals surface area (Å²) in [7, 11) is 0. The van der Waals surface area contributed by atoms with Gasteiger partial charge in [-0.3, -0.25) is 4.79 Å². The van der Waals surface area contributed by atoms with Crippen molar-refractivity contribution in [1.82, 2.24) is 4.90 Å². The van der Waals surface area contributed by atoms with Gasteiger partial charge in [0.05, 0.1) is 6.07 Å². The minimum atomic E-state index is -0.395. The number of nitriles is 1. The third kappa shape index (κ3) is 2.62. The summed E-state index contributed by atoms with van der Waals surface area (Å²) in [5, 5.41) is 8.30. The van der Waals surface area contributed by atoms with Crippen molar-refractivity contribution < 1.29 is 4.79 Å². The molecule has 3 nitrogen and oxygen atoms in total. The number of hydrogen-bond acceptors (Lipinski definition) is 2. The topological polar surface area (TPSA) is 44.1 Å². The lowest BCUT2D eigenvalue weighted by Gasteiger charge is -2.30. The molecule has 1 aliphatic heterocycles. The van der Waals surface area contributed by atoms with Gasteiger partial charge in [-0.25, -0.2) is 0 Å². The quantitative estimate of drug-likeness (QED) is 0.658. The van der Waals surface area contributed by atoms with Gasteiger partial charge in [-0.15, -0.1) is 11.6 Å². The van der Waals surface area contributed by atoms with Crippen LogP contribution in [0.5, 0.6) is 0 Å². The lowest BCUT2D eigenvalue weighted by atomic mass is 9.98. The van der Waals surface area contributed by atoms with Gasteiger partial charge in [0.1, 0.15) is 5.38 Å². The van der Waals surface area contributed by atoms with Crippen LogP contribution in [-0.2, 0) is 4.79 Å². The Morgan fingerprint density at radius 3 is 2.64 bits per heavy atom. The second kappa shape index (κ2) is 5.21. The van der Waals surface area contributed by atoms with E-state index in [0.717, 1.165) is 12.8 Å². The molecule has 1 fully saturated rings. The van der Waals surface area contributed by atoms with E-state index in [1.165, 1.54) is 0 Å². The van der Waals surface area contributed by atoms with Crippen molar-refractivity contribution in [3.8, 4) is 6.07 Å². The number of alkyl halides is 1. The van der Waals surface area contributed by atoms with Crippen molar-refractivity contribution in [1.29, 1.82) is 5.26 Å². The number of halogens is 1. The van der Waals surface area contributed by atoms with Gasteiger partial charge in [-0.2, -0.15) is 5.26 Å². The highest BCUT2D eigenvalue weighted by Gasteiger charge is 2.25. The zero-order valence-corrected chi connectivity index (χ0v) is 9.13. The normalized spacial score (nSPS) is 20.2. The monoisotopic (exact) mass is 214 g/mol. The first kappa shape index (κ1) is 11.3. The zero-order valence-electron chi connectivity index (χ0n) is 8.37. The van der Waals surface area contributed by atoms with Crippen LogP contribution in [0.3, 0.4) is 0 Å². The molecule has 0 saturated carbocycles. The third-order valence-electron chi connectivity index (χ3n) is 2.62. The van der Waals surface area contributed by atoms with Gasteiger partial charge in [-0.1, -0.05) is 6.92 Å². The Morgan fingerprint density at radius 1 is 1.64 bits per heavy atom. The smallest absolute Gasteiger partial charge is 0.240 e. The number of carbonyl (C=O) groups is 1. The number of likely N-dealkylation sites (tertiary alicyclic amines) is 1. The Labute approximate surface area is 89.6 Å². The van der Waals surface area contributed by atoms with Gasteiger partial charge >= 0.3 is 0 Å². The summed E-state index contributed by atoms with van der Waals surface area (Å²) in [6.45, 7) is 3.26. The van der Waals surface area contributed by atoms with Crippen LogP contribution in [0.15, 0.2) is 0 Å². The first-order chi connectivity index (χ1) is 6.69.